The zero-order valence-electron chi connectivity index (χ0n) is 13.9. The Labute approximate surface area is 133 Å². The number of rotatable bonds is 5. The van der Waals surface area contributed by atoms with Gasteiger partial charge >= 0.3 is 0 Å². The zero-order chi connectivity index (χ0) is 16.1. The Morgan fingerprint density at radius 3 is 2.27 bits per heavy atom. The standard InChI is InChI=1S/C20H25NO/c1-5-19(18-10-6-14(2)7-11-18)21-20(22)13-17-9-8-15(3)16(4)12-17/h6-12,19H,5,13H2,1-4H3,(H,21,22). The van der Waals surface area contributed by atoms with Gasteiger partial charge in [-0.3, -0.25) is 4.79 Å². The highest BCUT2D eigenvalue weighted by atomic mass is 16.1. The summed E-state index contributed by atoms with van der Waals surface area (Å²) in [6.45, 7) is 8.34. The maximum Gasteiger partial charge on any atom is 0.224 e. The summed E-state index contributed by atoms with van der Waals surface area (Å²) in [6.07, 6.45) is 1.32. The fraction of sp³-hybridized carbons (Fsp3) is 0.350. The molecule has 22 heavy (non-hydrogen) atoms. The van der Waals surface area contributed by atoms with Gasteiger partial charge in [-0.15, -0.1) is 0 Å². The summed E-state index contributed by atoms with van der Waals surface area (Å²) in [5.41, 5.74) is 5.96. The molecular weight excluding hydrogens is 270 g/mol. The van der Waals surface area contributed by atoms with E-state index in [4.69, 9.17) is 0 Å². The van der Waals surface area contributed by atoms with Crippen LogP contribution in [0.3, 0.4) is 0 Å². The van der Waals surface area contributed by atoms with Gasteiger partial charge in [0.1, 0.15) is 0 Å². The monoisotopic (exact) mass is 295 g/mol. The molecular formula is C20H25NO. The quantitative estimate of drug-likeness (QED) is 0.869. The summed E-state index contributed by atoms with van der Waals surface area (Å²) < 4.78 is 0. The largest absolute Gasteiger partial charge is 0.349 e. The van der Waals surface area contributed by atoms with Crippen LogP contribution in [0.2, 0.25) is 0 Å². The van der Waals surface area contributed by atoms with E-state index in [2.05, 4.69) is 69.4 Å². The van der Waals surface area contributed by atoms with Gasteiger partial charge in [-0.1, -0.05) is 55.0 Å². The number of aryl methyl sites for hydroxylation is 3. The number of hydrogen-bond acceptors (Lipinski definition) is 1. The molecule has 0 aliphatic rings. The van der Waals surface area contributed by atoms with E-state index >= 15 is 0 Å². The summed E-state index contributed by atoms with van der Waals surface area (Å²) in [4.78, 5) is 12.3. The second-order valence-corrected chi connectivity index (χ2v) is 6.03. The van der Waals surface area contributed by atoms with Crippen molar-refractivity contribution < 1.29 is 4.79 Å². The molecule has 1 atom stereocenters. The second-order valence-electron chi connectivity index (χ2n) is 6.03. The van der Waals surface area contributed by atoms with E-state index in [0.717, 1.165) is 12.0 Å². The van der Waals surface area contributed by atoms with Crippen LogP contribution in [0.5, 0.6) is 0 Å². The molecule has 0 saturated heterocycles. The molecule has 0 spiro atoms. The van der Waals surface area contributed by atoms with Crippen LogP contribution in [0.15, 0.2) is 42.5 Å². The minimum atomic E-state index is 0.0793. The van der Waals surface area contributed by atoms with Crippen molar-refractivity contribution in [3.05, 3.63) is 70.3 Å². The number of benzene rings is 2. The molecule has 0 heterocycles. The van der Waals surface area contributed by atoms with Crippen LogP contribution in [0.25, 0.3) is 0 Å². The fourth-order valence-electron chi connectivity index (χ4n) is 2.56. The average molecular weight is 295 g/mol. The zero-order valence-corrected chi connectivity index (χ0v) is 13.9. The number of amides is 1. The van der Waals surface area contributed by atoms with Crippen molar-refractivity contribution >= 4 is 5.91 Å². The molecule has 1 amide bonds. The van der Waals surface area contributed by atoms with Crippen molar-refractivity contribution in [3.63, 3.8) is 0 Å². The van der Waals surface area contributed by atoms with Gasteiger partial charge in [-0.05, 0) is 49.4 Å². The lowest BCUT2D eigenvalue weighted by Gasteiger charge is -2.18. The molecule has 116 valence electrons. The van der Waals surface area contributed by atoms with Gasteiger partial charge in [0.25, 0.3) is 0 Å². The molecule has 0 aliphatic heterocycles. The predicted molar refractivity (Wildman–Crippen MR) is 92.0 cm³/mol. The topological polar surface area (TPSA) is 29.1 Å². The summed E-state index contributed by atoms with van der Waals surface area (Å²) in [7, 11) is 0. The smallest absolute Gasteiger partial charge is 0.224 e. The Morgan fingerprint density at radius 1 is 1.00 bits per heavy atom. The maximum absolute atomic E-state index is 12.3. The highest BCUT2D eigenvalue weighted by Gasteiger charge is 2.13. The van der Waals surface area contributed by atoms with Crippen LogP contribution in [-0.2, 0) is 11.2 Å². The molecule has 1 unspecified atom stereocenters. The Kier molecular flexibility index (Phi) is 5.37. The Balaban J connectivity index is 2.02. The minimum absolute atomic E-state index is 0.0793. The fourth-order valence-corrected chi connectivity index (χ4v) is 2.56. The Morgan fingerprint density at radius 2 is 1.68 bits per heavy atom. The van der Waals surface area contributed by atoms with Gasteiger partial charge in [0, 0.05) is 0 Å². The first-order chi connectivity index (χ1) is 10.5. The van der Waals surface area contributed by atoms with Gasteiger partial charge in [0.05, 0.1) is 12.5 Å². The highest BCUT2D eigenvalue weighted by molar-refractivity contribution is 5.79. The second kappa shape index (κ2) is 7.26. The lowest BCUT2D eigenvalue weighted by Crippen LogP contribution is -2.29. The maximum atomic E-state index is 12.3. The van der Waals surface area contributed by atoms with Gasteiger partial charge in [-0.25, -0.2) is 0 Å². The van der Waals surface area contributed by atoms with Crippen LogP contribution in [0.1, 0.15) is 47.2 Å². The van der Waals surface area contributed by atoms with E-state index in [1.807, 2.05) is 6.07 Å². The third-order valence-electron chi connectivity index (χ3n) is 4.16. The molecule has 0 bridgehead atoms. The number of nitrogens with one attached hydrogen (secondary N) is 1. The van der Waals surface area contributed by atoms with Crippen LogP contribution in [-0.4, -0.2) is 5.91 Å². The number of carbonyl (C=O) groups excluding carboxylic acids is 1. The van der Waals surface area contributed by atoms with Crippen molar-refractivity contribution in [1.29, 1.82) is 0 Å². The van der Waals surface area contributed by atoms with Crippen molar-refractivity contribution in [2.75, 3.05) is 0 Å². The molecule has 2 heteroatoms. The third-order valence-corrected chi connectivity index (χ3v) is 4.16. The van der Waals surface area contributed by atoms with Crippen molar-refractivity contribution in [3.8, 4) is 0 Å². The molecule has 0 saturated carbocycles. The lowest BCUT2D eigenvalue weighted by atomic mass is 10.0. The average Bonchev–Trinajstić information content (AvgIpc) is 2.49. The van der Waals surface area contributed by atoms with Gasteiger partial charge in [-0.2, -0.15) is 0 Å². The van der Waals surface area contributed by atoms with Gasteiger partial charge < -0.3 is 5.32 Å². The predicted octanol–water partition coefficient (Wildman–Crippen LogP) is 4.42. The molecule has 0 aliphatic carbocycles. The van der Waals surface area contributed by atoms with Crippen molar-refractivity contribution in [1.82, 2.24) is 5.32 Å². The molecule has 2 rings (SSSR count). The summed E-state index contributed by atoms with van der Waals surface area (Å²) in [6, 6.07) is 14.7. The summed E-state index contributed by atoms with van der Waals surface area (Å²) in [5, 5.41) is 3.15. The highest BCUT2D eigenvalue weighted by Crippen LogP contribution is 2.18. The Bertz CT molecular complexity index is 643. The van der Waals surface area contributed by atoms with Crippen LogP contribution in [0, 0.1) is 20.8 Å². The van der Waals surface area contributed by atoms with E-state index in [-0.39, 0.29) is 11.9 Å². The normalized spacial score (nSPS) is 12.0. The van der Waals surface area contributed by atoms with E-state index in [9.17, 15) is 4.79 Å². The minimum Gasteiger partial charge on any atom is -0.349 e. The molecule has 0 aromatic heterocycles. The molecule has 0 radical (unpaired) electrons. The van der Waals surface area contributed by atoms with Crippen molar-refractivity contribution in [2.45, 2.75) is 46.6 Å². The molecule has 2 aromatic rings. The summed E-state index contributed by atoms with van der Waals surface area (Å²) >= 11 is 0. The summed E-state index contributed by atoms with van der Waals surface area (Å²) in [5.74, 6) is 0.0793. The van der Waals surface area contributed by atoms with Crippen LogP contribution >= 0.6 is 0 Å². The van der Waals surface area contributed by atoms with Crippen LogP contribution < -0.4 is 5.32 Å². The Hall–Kier alpha value is -2.09. The van der Waals surface area contributed by atoms with E-state index in [0.29, 0.717) is 6.42 Å². The first kappa shape index (κ1) is 16.3. The first-order valence-electron chi connectivity index (χ1n) is 7.91. The number of hydrogen-bond donors (Lipinski definition) is 1. The van der Waals surface area contributed by atoms with E-state index in [1.54, 1.807) is 0 Å². The lowest BCUT2D eigenvalue weighted by molar-refractivity contribution is -0.121. The molecule has 2 aromatic carbocycles. The molecule has 0 fully saturated rings. The number of carbonyl (C=O) groups is 1. The SMILES string of the molecule is CCC(NC(=O)Cc1ccc(C)c(C)c1)c1ccc(C)cc1. The molecule has 2 nitrogen and oxygen atoms in total. The van der Waals surface area contributed by atoms with E-state index < -0.39 is 0 Å². The first-order valence-corrected chi connectivity index (χ1v) is 7.91. The molecule has 1 N–H and O–H groups in total. The third kappa shape index (κ3) is 4.20. The van der Waals surface area contributed by atoms with Gasteiger partial charge in [0.15, 0.2) is 0 Å². The van der Waals surface area contributed by atoms with Gasteiger partial charge in [0.2, 0.25) is 5.91 Å². The van der Waals surface area contributed by atoms with Crippen LogP contribution in [0.4, 0.5) is 0 Å². The van der Waals surface area contributed by atoms with E-state index in [1.165, 1.54) is 22.3 Å². The van der Waals surface area contributed by atoms with Crippen molar-refractivity contribution in [2.24, 2.45) is 0 Å².